The van der Waals surface area contributed by atoms with Gasteiger partial charge in [-0.25, -0.2) is 0 Å². The average molecular weight is 327 g/mol. The summed E-state index contributed by atoms with van der Waals surface area (Å²) in [7, 11) is 7.97. The predicted molar refractivity (Wildman–Crippen MR) is 89.4 cm³/mol. The van der Waals surface area contributed by atoms with Crippen LogP contribution in [0.2, 0.25) is 0 Å². The average Bonchev–Trinajstić information content (AvgIpc) is 2.76. The van der Waals surface area contributed by atoms with Crippen molar-refractivity contribution in [2.45, 2.75) is 52.3 Å². The lowest BCUT2D eigenvalue weighted by molar-refractivity contribution is -0.142. The monoisotopic (exact) mass is 327 g/mol. The van der Waals surface area contributed by atoms with Gasteiger partial charge in [0.1, 0.15) is 0 Å². The number of rotatable bonds is 4. The summed E-state index contributed by atoms with van der Waals surface area (Å²) in [6.07, 6.45) is -0.708. The van der Waals surface area contributed by atoms with E-state index in [1.807, 2.05) is 6.92 Å². The third kappa shape index (κ3) is 16.0. The highest BCUT2D eigenvalue weighted by atomic mass is 19.4. The molecular weight excluding hydrogens is 291 g/mol. The minimum atomic E-state index is -4.05. The van der Waals surface area contributed by atoms with E-state index in [-0.39, 0.29) is 0 Å². The van der Waals surface area contributed by atoms with Crippen molar-refractivity contribution in [2.24, 2.45) is 0 Å². The van der Waals surface area contributed by atoms with Crippen molar-refractivity contribution in [3.63, 3.8) is 0 Å². The Morgan fingerprint density at radius 3 is 1.82 bits per heavy atom. The number of halogens is 3. The van der Waals surface area contributed by atoms with Crippen molar-refractivity contribution >= 4 is 0 Å². The maximum absolute atomic E-state index is 11.6. The van der Waals surface area contributed by atoms with Crippen molar-refractivity contribution < 1.29 is 13.2 Å². The van der Waals surface area contributed by atoms with Gasteiger partial charge in [-0.2, -0.15) is 13.2 Å². The van der Waals surface area contributed by atoms with Crippen LogP contribution >= 0.6 is 0 Å². The molecule has 136 valence electrons. The van der Waals surface area contributed by atoms with Crippen molar-refractivity contribution in [1.29, 1.82) is 0 Å². The van der Waals surface area contributed by atoms with E-state index in [2.05, 4.69) is 44.8 Å². The van der Waals surface area contributed by atoms with Gasteiger partial charge < -0.3 is 9.80 Å². The Balaban J connectivity index is 0. The van der Waals surface area contributed by atoms with E-state index in [4.69, 9.17) is 0 Å². The molecule has 6 heteroatoms. The normalized spacial score (nSPS) is 18.8. The highest BCUT2D eigenvalue weighted by Crippen LogP contribution is 2.15. The molecule has 0 amide bonds. The summed E-state index contributed by atoms with van der Waals surface area (Å²) >= 11 is 0. The zero-order chi connectivity index (χ0) is 17.8. The predicted octanol–water partition coefficient (Wildman–Crippen LogP) is 3.56. The first-order chi connectivity index (χ1) is 10.1. The molecule has 0 aromatic rings. The standard InChI is InChI=1S/C7H16N2.C6H12F3N.C3H8/c1-8(2)7-4-5-9(3)6-7;1-3-4-10(2)5-6(7,8)9;1-3-2/h7H,4-6H2,1-3H3;3-5H2,1-2H3;3H2,1-2H3/t7-;;/m1../s1. The Hall–Kier alpha value is -0.330. The highest BCUT2D eigenvalue weighted by molar-refractivity contribution is 4.77. The van der Waals surface area contributed by atoms with E-state index < -0.39 is 12.7 Å². The van der Waals surface area contributed by atoms with E-state index in [0.29, 0.717) is 6.54 Å². The molecule has 1 fully saturated rings. The van der Waals surface area contributed by atoms with E-state index in [9.17, 15) is 13.2 Å². The number of hydrogen-bond acceptors (Lipinski definition) is 3. The van der Waals surface area contributed by atoms with Gasteiger partial charge in [0.15, 0.2) is 0 Å². The minimum absolute atomic E-state index is 0.500. The van der Waals surface area contributed by atoms with Crippen LogP contribution in [0.5, 0.6) is 0 Å². The largest absolute Gasteiger partial charge is 0.401 e. The van der Waals surface area contributed by atoms with Crippen molar-refractivity contribution in [1.82, 2.24) is 14.7 Å². The van der Waals surface area contributed by atoms with Gasteiger partial charge in [0.2, 0.25) is 0 Å². The van der Waals surface area contributed by atoms with Gasteiger partial charge >= 0.3 is 6.18 Å². The number of likely N-dealkylation sites (tertiary alicyclic amines) is 1. The van der Waals surface area contributed by atoms with Crippen LogP contribution in [0.4, 0.5) is 13.2 Å². The van der Waals surface area contributed by atoms with E-state index in [1.54, 1.807) is 0 Å². The second kappa shape index (κ2) is 13.1. The summed E-state index contributed by atoms with van der Waals surface area (Å²) in [5.74, 6) is 0. The molecule has 0 spiro atoms. The van der Waals surface area contributed by atoms with Crippen molar-refractivity contribution in [3.8, 4) is 0 Å². The van der Waals surface area contributed by atoms with E-state index in [0.717, 1.165) is 12.5 Å². The summed E-state index contributed by atoms with van der Waals surface area (Å²) in [4.78, 5) is 5.95. The summed E-state index contributed by atoms with van der Waals surface area (Å²) in [5, 5.41) is 0. The van der Waals surface area contributed by atoms with Gasteiger partial charge in [0.25, 0.3) is 0 Å². The number of hydrogen-bond donors (Lipinski definition) is 0. The molecule has 0 unspecified atom stereocenters. The van der Waals surface area contributed by atoms with Crippen LogP contribution in [0.25, 0.3) is 0 Å². The Morgan fingerprint density at radius 2 is 1.59 bits per heavy atom. The number of nitrogens with zero attached hydrogens (tertiary/aromatic N) is 3. The molecule has 1 rings (SSSR count). The molecule has 0 aliphatic carbocycles. The molecule has 1 aliphatic rings. The fourth-order valence-corrected chi connectivity index (χ4v) is 2.10. The van der Waals surface area contributed by atoms with Gasteiger partial charge in [-0.15, -0.1) is 0 Å². The molecule has 1 aliphatic heterocycles. The van der Waals surface area contributed by atoms with Gasteiger partial charge in [-0.1, -0.05) is 27.2 Å². The summed E-state index contributed by atoms with van der Waals surface area (Å²) in [6.45, 7) is 8.31. The number of alkyl halides is 3. The molecule has 0 bridgehead atoms. The van der Waals surface area contributed by atoms with Gasteiger partial charge in [-0.3, -0.25) is 4.90 Å². The first kappa shape index (κ1) is 23.9. The van der Waals surface area contributed by atoms with E-state index >= 15 is 0 Å². The van der Waals surface area contributed by atoms with Crippen LogP contribution in [-0.4, -0.2) is 81.3 Å². The molecule has 0 aromatic heterocycles. The lowest BCUT2D eigenvalue weighted by Gasteiger charge is -2.17. The maximum Gasteiger partial charge on any atom is 0.401 e. The molecule has 0 saturated carbocycles. The SMILES string of the molecule is CCC.CCCN(C)CC(F)(F)F.CN1CC[C@@H](N(C)C)C1. The third-order valence-electron chi connectivity index (χ3n) is 3.15. The lowest BCUT2D eigenvalue weighted by atomic mass is 10.2. The molecule has 1 atom stereocenters. The Labute approximate surface area is 135 Å². The third-order valence-corrected chi connectivity index (χ3v) is 3.15. The lowest BCUT2D eigenvalue weighted by Crippen LogP contribution is -2.31. The molecule has 0 aromatic carbocycles. The maximum atomic E-state index is 11.6. The zero-order valence-corrected chi connectivity index (χ0v) is 15.5. The quantitative estimate of drug-likeness (QED) is 0.782. The summed E-state index contributed by atoms with van der Waals surface area (Å²) in [5.41, 5.74) is 0. The molecule has 1 heterocycles. The first-order valence-electron chi connectivity index (χ1n) is 8.17. The summed E-state index contributed by atoms with van der Waals surface area (Å²) in [6, 6.07) is 0.801. The fourth-order valence-electron chi connectivity index (χ4n) is 2.10. The molecule has 1 saturated heterocycles. The van der Waals surface area contributed by atoms with Crippen LogP contribution in [0.3, 0.4) is 0 Å². The van der Waals surface area contributed by atoms with Gasteiger partial charge in [-0.05, 0) is 54.1 Å². The fraction of sp³-hybridized carbons (Fsp3) is 1.00. The van der Waals surface area contributed by atoms with Crippen LogP contribution in [-0.2, 0) is 0 Å². The second-order valence-corrected chi connectivity index (χ2v) is 6.23. The Bertz CT molecular complexity index is 245. The molecule has 3 nitrogen and oxygen atoms in total. The highest BCUT2D eigenvalue weighted by Gasteiger charge is 2.28. The first-order valence-corrected chi connectivity index (χ1v) is 8.17. The summed E-state index contributed by atoms with van der Waals surface area (Å²) < 4.78 is 34.8. The zero-order valence-electron chi connectivity index (χ0n) is 15.5. The van der Waals surface area contributed by atoms with Gasteiger partial charge in [0.05, 0.1) is 6.54 Å². The Morgan fingerprint density at radius 1 is 1.09 bits per heavy atom. The number of likely N-dealkylation sites (N-methyl/N-ethyl adjacent to an activating group) is 2. The van der Waals surface area contributed by atoms with E-state index in [1.165, 1.54) is 37.9 Å². The van der Waals surface area contributed by atoms with Crippen molar-refractivity contribution in [3.05, 3.63) is 0 Å². The molecular formula is C16H36F3N3. The second-order valence-electron chi connectivity index (χ2n) is 6.23. The Kier molecular flexibility index (Phi) is 14.3. The van der Waals surface area contributed by atoms with Crippen LogP contribution in [0.1, 0.15) is 40.0 Å². The van der Waals surface area contributed by atoms with Gasteiger partial charge in [0, 0.05) is 12.6 Å². The molecule has 0 N–H and O–H groups in total. The minimum Gasteiger partial charge on any atom is -0.305 e. The van der Waals surface area contributed by atoms with Crippen LogP contribution in [0, 0.1) is 0 Å². The van der Waals surface area contributed by atoms with Crippen molar-refractivity contribution in [2.75, 3.05) is 54.4 Å². The van der Waals surface area contributed by atoms with Crippen LogP contribution < -0.4 is 0 Å². The smallest absolute Gasteiger partial charge is 0.305 e. The molecule has 22 heavy (non-hydrogen) atoms. The topological polar surface area (TPSA) is 9.72 Å². The molecule has 0 radical (unpaired) electrons. The van der Waals surface area contributed by atoms with Crippen LogP contribution in [0.15, 0.2) is 0 Å².